The van der Waals surface area contributed by atoms with Crippen LogP contribution in [0.1, 0.15) is 6.42 Å². The number of β-amino-alcohol motifs (C(OH)–C–C–N with tert-alkyl or cyclic N) is 1. The highest BCUT2D eigenvalue weighted by molar-refractivity contribution is 5.95. The molecule has 1 aromatic heterocycles. The number of amides is 1. The first-order chi connectivity index (χ1) is 10.0. The van der Waals surface area contributed by atoms with Crippen LogP contribution in [0.5, 0.6) is 0 Å². The molecule has 1 spiro atoms. The van der Waals surface area contributed by atoms with Crippen molar-refractivity contribution < 1.29 is 9.90 Å². The van der Waals surface area contributed by atoms with Crippen molar-refractivity contribution in [2.24, 2.45) is 7.05 Å². The number of aryl methyl sites for hydroxylation is 1. The van der Waals surface area contributed by atoms with E-state index in [1.54, 1.807) is 10.9 Å². The molecule has 0 saturated carbocycles. The van der Waals surface area contributed by atoms with Gasteiger partial charge in [-0.2, -0.15) is 5.10 Å². The zero-order valence-electron chi connectivity index (χ0n) is 12.7. The third kappa shape index (κ3) is 2.56. The van der Waals surface area contributed by atoms with E-state index in [1.807, 2.05) is 25.2 Å². The van der Waals surface area contributed by atoms with Crippen LogP contribution >= 0.6 is 0 Å². The van der Waals surface area contributed by atoms with Crippen molar-refractivity contribution in [2.75, 3.05) is 51.3 Å². The van der Waals surface area contributed by atoms with E-state index >= 15 is 0 Å². The highest BCUT2D eigenvalue weighted by Crippen LogP contribution is 2.32. The van der Waals surface area contributed by atoms with Crippen molar-refractivity contribution in [3.05, 3.63) is 12.4 Å². The second-order valence-electron chi connectivity index (χ2n) is 6.18. The van der Waals surface area contributed by atoms with E-state index in [2.05, 4.69) is 14.9 Å². The van der Waals surface area contributed by atoms with Gasteiger partial charge in [0.05, 0.1) is 30.6 Å². The van der Waals surface area contributed by atoms with Crippen LogP contribution < -0.4 is 4.90 Å². The summed E-state index contributed by atoms with van der Waals surface area (Å²) in [5.74, 6) is 0.122. The molecule has 1 N–H and O–H groups in total. The second kappa shape index (κ2) is 5.40. The summed E-state index contributed by atoms with van der Waals surface area (Å²) in [4.78, 5) is 18.7. The molecule has 1 unspecified atom stereocenters. The quantitative estimate of drug-likeness (QED) is 0.785. The predicted octanol–water partition coefficient (Wildman–Crippen LogP) is -0.865. The lowest BCUT2D eigenvalue weighted by atomic mass is 9.93. The van der Waals surface area contributed by atoms with Crippen molar-refractivity contribution in [2.45, 2.75) is 12.0 Å². The van der Waals surface area contributed by atoms with Gasteiger partial charge in [-0.3, -0.25) is 19.3 Å². The normalized spacial score (nSPS) is 28.0. The van der Waals surface area contributed by atoms with Gasteiger partial charge in [0.25, 0.3) is 0 Å². The van der Waals surface area contributed by atoms with Gasteiger partial charge in [-0.1, -0.05) is 0 Å². The van der Waals surface area contributed by atoms with Gasteiger partial charge in [-0.15, -0.1) is 0 Å². The van der Waals surface area contributed by atoms with Gasteiger partial charge in [-0.25, -0.2) is 0 Å². The Morgan fingerprint density at radius 3 is 2.86 bits per heavy atom. The molecule has 2 saturated heterocycles. The molecule has 2 fully saturated rings. The first-order valence-corrected chi connectivity index (χ1v) is 7.37. The zero-order chi connectivity index (χ0) is 15.0. The van der Waals surface area contributed by atoms with Gasteiger partial charge in [0, 0.05) is 39.4 Å². The molecule has 2 aliphatic heterocycles. The Bertz CT molecular complexity index is 531. The van der Waals surface area contributed by atoms with Gasteiger partial charge >= 0.3 is 0 Å². The molecule has 0 aliphatic carbocycles. The molecule has 1 amide bonds. The Morgan fingerprint density at radius 1 is 1.38 bits per heavy atom. The molecule has 1 aromatic rings. The van der Waals surface area contributed by atoms with Gasteiger partial charge in [0.15, 0.2) is 0 Å². The third-order valence-corrected chi connectivity index (χ3v) is 4.77. The van der Waals surface area contributed by atoms with Crippen LogP contribution in [0.4, 0.5) is 5.69 Å². The first kappa shape index (κ1) is 14.5. The molecule has 1 atom stereocenters. The molecule has 2 aliphatic rings. The minimum atomic E-state index is -0.0150. The fourth-order valence-corrected chi connectivity index (χ4v) is 3.46. The van der Waals surface area contributed by atoms with Crippen molar-refractivity contribution in [3.63, 3.8) is 0 Å². The molecule has 21 heavy (non-hydrogen) atoms. The van der Waals surface area contributed by atoms with E-state index in [1.165, 1.54) is 0 Å². The Kier molecular flexibility index (Phi) is 3.73. The average molecular weight is 293 g/mol. The van der Waals surface area contributed by atoms with Crippen molar-refractivity contribution in [3.8, 4) is 0 Å². The van der Waals surface area contributed by atoms with Crippen molar-refractivity contribution in [1.29, 1.82) is 0 Å². The van der Waals surface area contributed by atoms with Gasteiger partial charge in [-0.05, 0) is 13.5 Å². The lowest BCUT2D eigenvalue weighted by molar-refractivity contribution is -0.123. The van der Waals surface area contributed by atoms with Crippen LogP contribution in [0, 0.1) is 0 Å². The molecule has 116 valence electrons. The number of carbonyl (C=O) groups is 1. The number of aliphatic hydroxyl groups excluding tert-OH is 1. The Labute approximate surface area is 124 Å². The fraction of sp³-hybridized carbons (Fsp3) is 0.714. The van der Waals surface area contributed by atoms with Crippen LogP contribution in [-0.4, -0.2) is 82.5 Å². The average Bonchev–Trinajstić information content (AvgIpc) is 3.03. The summed E-state index contributed by atoms with van der Waals surface area (Å²) < 4.78 is 1.72. The highest BCUT2D eigenvalue weighted by atomic mass is 16.3. The van der Waals surface area contributed by atoms with Crippen LogP contribution in [-0.2, 0) is 11.8 Å². The van der Waals surface area contributed by atoms with Crippen LogP contribution in [0.15, 0.2) is 12.4 Å². The topological polar surface area (TPSA) is 64.8 Å². The number of piperazine rings is 1. The standard InChI is InChI=1S/C14H23N5O2/c1-16-9-13(21)19(12-7-15-17(2)8-12)11-14(16)3-4-18(10-14)5-6-20/h7-8,20H,3-6,9-11H2,1-2H3. The first-order valence-electron chi connectivity index (χ1n) is 7.37. The molecule has 7 nitrogen and oxygen atoms in total. The summed E-state index contributed by atoms with van der Waals surface area (Å²) in [5, 5.41) is 13.3. The number of aromatic nitrogens is 2. The van der Waals surface area contributed by atoms with Crippen molar-refractivity contribution in [1.82, 2.24) is 19.6 Å². The molecule has 0 bridgehead atoms. The minimum absolute atomic E-state index is 0.0150. The Morgan fingerprint density at radius 2 is 2.19 bits per heavy atom. The number of hydrogen-bond donors (Lipinski definition) is 1. The smallest absolute Gasteiger partial charge is 0.241 e. The van der Waals surface area contributed by atoms with Crippen LogP contribution in [0.2, 0.25) is 0 Å². The maximum atomic E-state index is 12.4. The van der Waals surface area contributed by atoms with Crippen LogP contribution in [0.3, 0.4) is 0 Å². The number of aliphatic hydroxyl groups is 1. The maximum Gasteiger partial charge on any atom is 0.241 e. The van der Waals surface area contributed by atoms with Gasteiger partial charge in [0.1, 0.15) is 0 Å². The van der Waals surface area contributed by atoms with E-state index in [0.717, 1.165) is 25.2 Å². The minimum Gasteiger partial charge on any atom is -0.395 e. The number of likely N-dealkylation sites (tertiary alicyclic amines) is 1. The van der Waals surface area contributed by atoms with E-state index in [4.69, 9.17) is 5.11 Å². The maximum absolute atomic E-state index is 12.4. The second-order valence-corrected chi connectivity index (χ2v) is 6.18. The Balaban J connectivity index is 1.81. The number of nitrogens with zero attached hydrogens (tertiary/aromatic N) is 5. The van der Waals surface area contributed by atoms with Crippen molar-refractivity contribution >= 4 is 11.6 Å². The predicted molar refractivity (Wildman–Crippen MR) is 79.1 cm³/mol. The van der Waals surface area contributed by atoms with Gasteiger partial charge < -0.3 is 10.0 Å². The number of hydrogen-bond acceptors (Lipinski definition) is 5. The molecule has 0 aromatic carbocycles. The van der Waals surface area contributed by atoms with E-state index < -0.39 is 0 Å². The number of rotatable bonds is 3. The van der Waals surface area contributed by atoms with E-state index in [0.29, 0.717) is 19.6 Å². The Hall–Kier alpha value is -1.44. The monoisotopic (exact) mass is 293 g/mol. The lowest BCUT2D eigenvalue weighted by Crippen LogP contribution is -2.64. The largest absolute Gasteiger partial charge is 0.395 e. The number of likely N-dealkylation sites (N-methyl/N-ethyl adjacent to an activating group) is 1. The molecular formula is C14H23N5O2. The lowest BCUT2D eigenvalue weighted by Gasteiger charge is -2.46. The molecule has 3 heterocycles. The summed E-state index contributed by atoms with van der Waals surface area (Å²) in [6, 6.07) is 0. The number of carbonyl (C=O) groups excluding carboxylic acids is 1. The summed E-state index contributed by atoms with van der Waals surface area (Å²) in [6.07, 6.45) is 4.66. The summed E-state index contributed by atoms with van der Waals surface area (Å²) in [6.45, 7) is 3.88. The molecule has 3 rings (SSSR count). The fourth-order valence-electron chi connectivity index (χ4n) is 3.46. The third-order valence-electron chi connectivity index (χ3n) is 4.77. The highest BCUT2D eigenvalue weighted by Gasteiger charge is 2.47. The van der Waals surface area contributed by atoms with E-state index in [9.17, 15) is 4.79 Å². The zero-order valence-corrected chi connectivity index (χ0v) is 12.7. The van der Waals surface area contributed by atoms with Gasteiger partial charge in [0.2, 0.25) is 5.91 Å². The molecule has 7 heteroatoms. The number of anilines is 1. The summed E-state index contributed by atoms with van der Waals surface area (Å²) >= 11 is 0. The van der Waals surface area contributed by atoms with E-state index in [-0.39, 0.29) is 18.1 Å². The molecule has 0 radical (unpaired) electrons. The molecular weight excluding hydrogens is 270 g/mol. The summed E-state index contributed by atoms with van der Waals surface area (Å²) in [7, 11) is 3.89. The SMILES string of the molecule is CN1CC(=O)N(c2cnn(C)c2)CC12CCN(CCO)C2. The van der Waals surface area contributed by atoms with Crippen LogP contribution in [0.25, 0.3) is 0 Å². The summed E-state index contributed by atoms with van der Waals surface area (Å²) in [5.41, 5.74) is 0.856.